The topological polar surface area (TPSA) is 68.1 Å². The van der Waals surface area contributed by atoms with Crippen molar-refractivity contribution in [1.82, 2.24) is 0 Å². The van der Waals surface area contributed by atoms with Gasteiger partial charge < -0.3 is 15.8 Å². The normalized spacial score (nSPS) is 11.6. The third-order valence-electron chi connectivity index (χ3n) is 3.88. The van der Waals surface area contributed by atoms with Crippen LogP contribution in [0.1, 0.15) is 29.0 Å². The quantitative estimate of drug-likeness (QED) is 0.552. The van der Waals surface area contributed by atoms with Gasteiger partial charge in [-0.15, -0.1) is 0 Å². The lowest BCUT2D eigenvalue weighted by atomic mass is 10.1. The SMILES string of the molecule is C[C@H](Nc1ccc(NC(=O)c2cccc[n+]2[O-])cc1)c1ccccc1. The molecule has 1 atom stereocenters. The molecule has 2 aromatic carbocycles. The van der Waals surface area contributed by atoms with Crippen molar-refractivity contribution < 1.29 is 9.52 Å². The zero-order valence-electron chi connectivity index (χ0n) is 13.8. The highest BCUT2D eigenvalue weighted by atomic mass is 16.5. The molecule has 2 N–H and O–H groups in total. The van der Waals surface area contributed by atoms with Gasteiger partial charge in [0.1, 0.15) is 0 Å². The summed E-state index contributed by atoms with van der Waals surface area (Å²) in [5.41, 5.74) is 2.84. The molecule has 5 nitrogen and oxygen atoms in total. The zero-order chi connectivity index (χ0) is 17.6. The molecule has 0 saturated carbocycles. The fourth-order valence-electron chi connectivity index (χ4n) is 2.52. The Hall–Kier alpha value is -3.34. The van der Waals surface area contributed by atoms with E-state index >= 15 is 0 Å². The fourth-order valence-corrected chi connectivity index (χ4v) is 2.52. The van der Waals surface area contributed by atoms with Crippen molar-refractivity contribution in [1.29, 1.82) is 0 Å². The smallest absolute Gasteiger partial charge is 0.321 e. The minimum absolute atomic E-state index is 0.0578. The van der Waals surface area contributed by atoms with E-state index in [1.807, 2.05) is 30.3 Å². The predicted molar refractivity (Wildman–Crippen MR) is 98.3 cm³/mol. The molecule has 5 heteroatoms. The molecular formula is C20H19N3O2. The van der Waals surface area contributed by atoms with Gasteiger partial charge in [0.25, 0.3) is 5.69 Å². The van der Waals surface area contributed by atoms with E-state index in [1.165, 1.54) is 17.8 Å². The van der Waals surface area contributed by atoms with Gasteiger partial charge in [0.05, 0.1) is 0 Å². The summed E-state index contributed by atoms with van der Waals surface area (Å²) in [6, 6.07) is 22.4. The Balaban J connectivity index is 1.64. The van der Waals surface area contributed by atoms with Crippen LogP contribution in [0, 0.1) is 5.21 Å². The van der Waals surface area contributed by atoms with E-state index in [1.54, 1.807) is 24.3 Å². The van der Waals surface area contributed by atoms with E-state index in [0.717, 1.165) is 5.69 Å². The number of rotatable bonds is 5. The molecule has 25 heavy (non-hydrogen) atoms. The summed E-state index contributed by atoms with van der Waals surface area (Å²) in [5.74, 6) is -0.436. The van der Waals surface area contributed by atoms with E-state index in [-0.39, 0.29) is 11.7 Å². The molecular weight excluding hydrogens is 314 g/mol. The number of pyridine rings is 1. The molecule has 0 aliphatic heterocycles. The second kappa shape index (κ2) is 7.49. The standard InChI is InChI=1S/C20H19N3O2/c1-15(16-7-3-2-4-8-16)21-17-10-12-18(13-11-17)22-20(24)19-9-5-6-14-23(19)25/h2-15,21H,1H3,(H,22,24)/t15-/m0/s1. The first-order valence-corrected chi connectivity index (χ1v) is 8.04. The highest BCUT2D eigenvalue weighted by Crippen LogP contribution is 2.20. The molecule has 3 aromatic rings. The predicted octanol–water partition coefficient (Wildman–Crippen LogP) is 3.75. The molecule has 0 saturated heterocycles. The van der Waals surface area contributed by atoms with Crippen LogP contribution in [-0.4, -0.2) is 5.91 Å². The van der Waals surface area contributed by atoms with Gasteiger partial charge in [-0.1, -0.05) is 30.3 Å². The van der Waals surface area contributed by atoms with Crippen molar-refractivity contribution in [3.05, 3.63) is 95.5 Å². The molecule has 1 amide bonds. The zero-order valence-corrected chi connectivity index (χ0v) is 13.8. The highest BCUT2D eigenvalue weighted by molar-refractivity contribution is 6.01. The maximum Gasteiger partial charge on any atom is 0.321 e. The molecule has 0 bridgehead atoms. The lowest BCUT2D eigenvalue weighted by Crippen LogP contribution is -2.36. The summed E-state index contributed by atoms with van der Waals surface area (Å²) in [6.07, 6.45) is 1.30. The Bertz CT molecular complexity index is 848. The number of hydrogen-bond acceptors (Lipinski definition) is 3. The summed E-state index contributed by atoms with van der Waals surface area (Å²) in [5, 5.41) is 17.7. The van der Waals surface area contributed by atoms with Crippen LogP contribution in [0.4, 0.5) is 11.4 Å². The molecule has 1 aromatic heterocycles. The molecule has 0 fully saturated rings. The lowest BCUT2D eigenvalue weighted by Gasteiger charge is -2.16. The van der Waals surface area contributed by atoms with Crippen molar-refractivity contribution in [2.75, 3.05) is 10.6 Å². The monoisotopic (exact) mass is 333 g/mol. The van der Waals surface area contributed by atoms with Gasteiger partial charge in [-0.25, -0.2) is 0 Å². The van der Waals surface area contributed by atoms with Gasteiger partial charge in [-0.05, 0) is 42.8 Å². The van der Waals surface area contributed by atoms with Gasteiger partial charge in [0.2, 0.25) is 0 Å². The second-order valence-electron chi connectivity index (χ2n) is 5.72. The van der Waals surface area contributed by atoms with Crippen molar-refractivity contribution in [3.8, 4) is 0 Å². The van der Waals surface area contributed by atoms with Crippen LogP contribution < -0.4 is 15.4 Å². The van der Waals surface area contributed by atoms with E-state index < -0.39 is 5.91 Å². The number of carbonyl (C=O) groups is 1. The van der Waals surface area contributed by atoms with E-state index in [0.29, 0.717) is 10.4 Å². The first-order valence-electron chi connectivity index (χ1n) is 8.04. The van der Waals surface area contributed by atoms with E-state index in [2.05, 4.69) is 29.7 Å². The molecule has 3 rings (SSSR count). The van der Waals surface area contributed by atoms with Crippen LogP contribution in [0.3, 0.4) is 0 Å². The number of carbonyl (C=O) groups excluding carboxylic acids is 1. The van der Waals surface area contributed by atoms with Crippen molar-refractivity contribution in [2.45, 2.75) is 13.0 Å². The number of nitrogens with zero attached hydrogens (tertiary/aromatic N) is 1. The number of hydrogen-bond donors (Lipinski definition) is 2. The number of amides is 1. The minimum atomic E-state index is -0.436. The van der Waals surface area contributed by atoms with Crippen LogP contribution >= 0.6 is 0 Å². The second-order valence-corrected chi connectivity index (χ2v) is 5.72. The fraction of sp³-hybridized carbons (Fsp3) is 0.100. The Labute approximate surface area is 146 Å². The maximum absolute atomic E-state index is 12.1. The summed E-state index contributed by atoms with van der Waals surface area (Å²) < 4.78 is 0.548. The molecule has 126 valence electrons. The highest BCUT2D eigenvalue weighted by Gasteiger charge is 2.15. The van der Waals surface area contributed by atoms with Crippen LogP contribution in [0.5, 0.6) is 0 Å². The molecule has 1 heterocycles. The summed E-state index contributed by atoms with van der Waals surface area (Å²) >= 11 is 0. The third kappa shape index (κ3) is 4.14. The number of benzene rings is 2. The Morgan fingerprint density at radius 3 is 2.24 bits per heavy atom. The first kappa shape index (κ1) is 16.5. The molecule has 0 radical (unpaired) electrons. The number of anilines is 2. The summed E-state index contributed by atoms with van der Waals surface area (Å²) in [6.45, 7) is 2.09. The van der Waals surface area contributed by atoms with E-state index in [9.17, 15) is 10.0 Å². The third-order valence-corrected chi connectivity index (χ3v) is 3.88. The van der Waals surface area contributed by atoms with Crippen molar-refractivity contribution in [3.63, 3.8) is 0 Å². The summed E-state index contributed by atoms with van der Waals surface area (Å²) in [4.78, 5) is 12.1. The van der Waals surface area contributed by atoms with Crippen LogP contribution in [0.25, 0.3) is 0 Å². The van der Waals surface area contributed by atoms with Crippen molar-refractivity contribution >= 4 is 17.3 Å². The van der Waals surface area contributed by atoms with Crippen LogP contribution in [-0.2, 0) is 0 Å². The molecule has 0 aliphatic carbocycles. The van der Waals surface area contributed by atoms with E-state index in [4.69, 9.17) is 0 Å². The van der Waals surface area contributed by atoms with Gasteiger partial charge in [-0.2, -0.15) is 4.73 Å². The van der Waals surface area contributed by atoms with Gasteiger partial charge in [0.15, 0.2) is 6.20 Å². The van der Waals surface area contributed by atoms with Crippen molar-refractivity contribution in [2.24, 2.45) is 0 Å². The largest absolute Gasteiger partial charge is 0.618 e. The number of aromatic nitrogens is 1. The first-order chi connectivity index (χ1) is 12.1. The molecule has 0 unspecified atom stereocenters. The Morgan fingerprint density at radius 2 is 1.56 bits per heavy atom. The summed E-state index contributed by atoms with van der Waals surface area (Å²) in [7, 11) is 0. The molecule has 0 spiro atoms. The maximum atomic E-state index is 12.1. The average Bonchev–Trinajstić information content (AvgIpc) is 2.64. The molecule has 0 aliphatic rings. The van der Waals surface area contributed by atoms with Gasteiger partial charge in [0, 0.05) is 29.5 Å². The number of nitrogens with one attached hydrogen (secondary N) is 2. The minimum Gasteiger partial charge on any atom is -0.618 e. The average molecular weight is 333 g/mol. The lowest BCUT2D eigenvalue weighted by molar-refractivity contribution is -0.607. The van der Waals surface area contributed by atoms with Gasteiger partial charge >= 0.3 is 5.91 Å². The van der Waals surface area contributed by atoms with Gasteiger partial charge in [-0.3, -0.25) is 4.79 Å². The van der Waals surface area contributed by atoms with Crippen LogP contribution in [0.15, 0.2) is 79.0 Å². The van der Waals surface area contributed by atoms with Crippen LogP contribution in [0.2, 0.25) is 0 Å². The Morgan fingerprint density at radius 1 is 0.920 bits per heavy atom. The Kier molecular flexibility index (Phi) is 4.95.